The quantitative estimate of drug-likeness (QED) is 0.558. The van der Waals surface area contributed by atoms with Crippen molar-refractivity contribution in [3.63, 3.8) is 0 Å². The van der Waals surface area contributed by atoms with Crippen molar-refractivity contribution in [3.05, 3.63) is 0 Å². The van der Waals surface area contributed by atoms with Crippen LogP contribution in [0.4, 0.5) is 0 Å². The normalized spacial score (nSPS) is 47.6. The summed E-state index contributed by atoms with van der Waals surface area (Å²) in [5.74, 6) is -0.837. The Labute approximate surface area is 75.6 Å². The third-order valence-corrected chi connectivity index (χ3v) is 2.27. The van der Waals surface area contributed by atoms with Gasteiger partial charge in [0, 0.05) is 0 Å². The van der Waals surface area contributed by atoms with Gasteiger partial charge < -0.3 is 19.3 Å². The van der Waals surface area contributed by atoms with Crippen LogP contribution >= 0.6 is 0 Å². The number of aliphatic hydroxyl groups is 1. The number of aldehydes is 1. The van der Waals surface area contributed by atoms with E-state index in [0.29, 0.717) is 6.29 Å². The van der Waals surface area contributed by atoms with E-state index in [1.165, 1.54) is 0 Å². The molecule has 0 bridgehead atoms. The van der Waals surface area contributed by atoms with Crippen LogP contribution in [-0.2, 0) is 19.0 Å². The first-order valence-electron chi connectivity index (χ1n) is 4.13. The minimum absolute atomic E-state index is 0.0474. The Hall–Kier alpha value is -0.490. The van der Waals surface area contributed by atoms with Crippen molar-refractivity contribution >= 4 is 6.29 Å². The number of rotatable bonds is 1. The molecule has 0 spiro atoms. The highest BCUT2D eigenvalue weighted by atomic mass is 16.8. The summed E-state index contributed by atoms with van der Waals surface area (Å²) < 4.78 is 15.6. The molecule has 1 N–H and O–H groups in total. The number of carbonyl (C=O) groups excluding carboxylic acids is 1. The molecule has 0 aromatic carbocycles. The van der Waals surface area contributed by atoms with Crippen LogP contribution in [0.5, 0.6) is 0 Å². The fraction of sp³-hybridized carbons (Fsp3) is 0.875. The highest BCUT2D eigenvalue weighted by molar-refractivity contribution is 5.65. The number of hydrogen-bond acceptors (Lipinski definition) is 5. The average Bonchev–Trinajstić information content (AvgIpc) is 2.47. The van der Waals surface area contributed by atoms with Crippen LogP contribution in [0.15, 0.2) is 0 Å². The zero-order valence-corrected chi connectivity index (χ0v) is 7.52. The summed E-state index contributed by atoms with van der Waals surface area (Å²) in [5, 5.41) is 9.34. The summed E-state index contributed by atoms with van der Waals surface area (Å²) in [7, 11) is 0. The fourth-order valence-electron chi connectivity index (χ4n) is 1.78. The van der Waals surface area contributed by atoms with Gasteiger partial charge in [0.1, 0.15) is 6.10 Å². The molecule has 0 unspecified atom stereocenters. The van der Waals surface area contributed by atoms with Crippen molar-refractivity contribution in [1.29, 1.82) is 0 Å². The van der Waals surface area contributed by atoms with Crippen molar-refractivity contribution in [2.24, 2.45) is 0 Å². The van der Waals surface area contributed by atoms with Crippen LogP contribution in [0.25, 0.3) is 0 Å². The lowest BCUT2D eigenvalue weighted by Crippen LogP contribution is -2.43. The monoisotopic (exact) mass is 188 g/mol. The Morgan fingerprint density at radius 1 is 1.54 bits per heavy atom. The number of ether oxygens (including phenoxy) is 3. The Morgan fingerprint density at radius 3 is 2.77 bits per heavy atom. The fourth-order valence-corrected chi connectivity index (χ4v) is 1.78. The van der Waals surface area contributed by atoms with Crippen molar-refractivity contribution in [3.8, 4) is 0 Å². The van der Waals surface area contributed by atoms with Crippen LogP contribution in [0.1, 0.15) is 13.8 Å². The number of carbonyl (C=O) groups is 1. The molecule has 13 heavy (non-hydrogen) atoms. The van der Waals surface area contributed by atoms with E-state index in [1.807, 2.05) is 0 Å². The molecule has 5 heteroatoms. The van der Waals surface area contributed by atoms with Gasteiger partial charge in [0.2, 0.25) is 0 Å². The molecule has 2 aliphatic heterocycles. The number of hydrogen-bond donors (Lipinski definition) is 1. The lowest BCUT2D eigenvalue weighted by atomic mass is 10.0. The maximum absolute atomic E-state index is 10.8. The maximum atomic E-state index is 10.8. The van der Waals surface area contributed by atoms with E-state index in [0.717, 1.165) is 0 Å². The van der Waals surface area contributed by atoms with E-state index >= 15 is 0 Å². The smallest absolute Gasteiger partial charge is 0.184 e. The zero-order chi connectivity index (χ0) is 9.69. The van der Waals surface area contributed by atoms with Gasteiger partial charge in [-0.15, -0.1) is 0 Å². The molecule has 0 aliphatic carbocycles. The van der Waals surface area contributed by atoms with Gasteiger partial charge >= 0.3 is 0 Å². The molecule has 0 aromatic rings. The third kappa shape index (κ3) is 1.20. The summed E-state index contributed by atoms with van der Waals surface area (Å²) in [5.41, 5.74) is -1.12. The van der Waals surface area contributed by atoms with Gasteiger partial charge in [-0.1, -0.05) is 0 Å². The van der Waals surface area contributed by atoms with E-state index < -0.39 is 23.8 Å². The van der Waals surface area contributed by atoms with E-state index in [9.17, 15) is 9.90 Å². The highest BCUT2D eigenvalue weighted by Gasteiger charge is 2.61. The highest BCUT2D eigenvalue weighted by Crippen LogP contribution is 2.41. The predicted molar refractivity (Wildman–Crippen MR) is 40.8 cm³/mol. The van der Waals surface area contributed by atoms with Gasteiger partial charge in [-0.2, -0.15) is 0 Å². The molecule has 2 heterocycles. The lowest BCUT2D eigenvalue weighted by Gasteiger charge is -2.20. The second kappa shape index (κ2) is 2.51. The first-order chi connectivity index (χ1) is 5.99. The molecule has 0 amide bonds. The Kier molecular flexibility index (Phi) is 1.75. The van der Waals surface area contributed by atoms with E-state index in [1.54, 1.807) is 13.8 Å². The topological polar surface area (TPSA) is 65.0 Å². The van der Waals surface area contributed by atoms with Gasteiger partial charge in [-0.3, -0.25) is 4.79 Å². The summed E-state index contributed by atoms with van der Waals surface area (Å²) in [6.07, 6.45) is -1.14. The van der Waals surface area contributed by atoms with E-state index in [2.05, 4.69) is 0 Å². The summed E-state index contributed by atoms with van der Waals surface area (Å²) >= 11 is 0. The second-order valence-corrected chi connectivity index (χ2v) is 3.81. The van der Waals surface area contributed by atoms with E-state index in [4.69, 9.17) is 14.2 Å². The average molecular weight is 188 g/mol. The van der Waals surface area contributed by atoms with Crippen LogP contribution in [-0.4, -0.2) is 41.8 Å². The van der Waals surface area contributed by atoms with Gasteiger partial charge in [-0.25, -0.2) is 0 Å². The SMILES string of the molecule is CC1(C)O[C@H]2[C@H](O)OC[C@@]2(C=O)O1. The van der Waals surface area contributed by atoms with Gasteiger partial charge in [0.15, 0.2) is 24.0 Å². The number of fused-ring (bicyclic) bond motifs is 1. The molecule has 2 fully saturated rings. The molecule has 0 saturated carbocycles. The molecule has 0 radical (unpaired) electrons. The predicted octanol–water partition coefficient (Wildman–Crippen LogP) is -0.576. The van der Waals surface area contributed by atoms with Crippen LogP contribution in [0.2, 0.25) is 0 Å². The first kappa shape index (κ1) is 9.08. The zero-order valence-electron chi connectivity index (χ0n) is 7.52. The Bertz CT molecular complexity index is 239. The van der Waals surface area contributed by atoms with Crippen molar-refractivity contribution < 1.29 is 24.1 Å². The molecule has 5 nitrogen and oxygen atoms in total. The van der Waals surface area contributed by atoms with Crippen LogP contribution in [0.3, 0.4) is 0 Å². The third-order valence-electron chi connectivity index (χ3n) is 2.27. The lowest BCUT2D eigenvalue weighted by molar-refractivity contribution is -0.211. The molecule has 74 valence electrons. The molecular formula is C8H12O5. The van der Waals surface area contributed by atoms with Crippen molar-refractivity contribution in [2.45, 2.75) is 37.6 Å². The molecular weight excluding hydrogens is 176 g/mol. The largest absolute Gasteiger partial charge is 0.366 e. The molecule has 2 saturated heterocycles. The van der Waals surface area contributed by atoms with Crippen molar-refractivity contribution in [2.75, 3.05) is 6.61 Å². The van der Waals surface area contributed by atoms with Gasteiger partial charge in [0.25, 0.3) is 0 Å². The number of aliphatic hydroxyl groups excluding tert-OH is 1. The van der Waals surface area contributed by atoms with Crippen molar-refractivity contribution in [1.82, 2.24) is 0 Å². The molecule has 2 aliphatic rings. The minimum atomic E-state index is -1.12. The summed E-state index contributed by atoms with van der Waals surface area (Å²) in [4.78, 5) is 10.8. The molecule has 2 rings (SSSR count). The van der Waals surface area contributed by atoms with Gasteiger partial charge in [0.05, 0.1) is 6.61 Å². The maximum Gasteiger partial charge on any atom is 0.184 e. The second-order valence-electron chi connectivity index (χ2n) is 3.81. The first-order valence-corrected chi connectivity index (χ1v) is 4.13. The Morgan fingerprint density at radius 2 is 2.23 bits per heavy atom. The van der Waals surface area contributed by atoms with Crippen LogP contribution < -0.4 is 0 Å². The summed E-state index contributed by atoms with van der Waals surface area (Å²) in [6.45, 7) is 3.44. The minimum Gasteiger partial charge on any atom is -0.366 e. The Balaban J connectivity index is 2.29. The molecule has 0 aromatic heterocycles. The van der Waals surface area contributed by atoms with Gasteiger partial charge in [-0.05, 0) is 13.8 Å². The molecule has 3 atom stereocenters. The van der Waals surface area contributed by atoms with Crippen LogP contribution in [0, 0.1) is 0 Å². The van der Waals surface area contributed by atoms with E-state index in [-0.39, 0.29) is 6.61 Å². The standard InChI is InChI=1S/C8H12O5/c1-7(2)12-5-6(10)11-4-8(5,3-9)13-7/h3,5-6,10H,4H2,1-2H3/t5-,6+,8+/m0/s1. The summed E-state index contributed by atoms with van der Waals surface area (Å²) in [6, 6.07) is 0.